The van der Waals surface area contributed by atoms with E-state index in [9.17, 15) is 4.39 Å². The van der Waals surface area contributed by atoms with Gasteiger partial charge in [-0.25, -0.2) is 4.39 Å². The van der Waals surface area contributed by atoms with E-state index in [0.29, 0.717) is 11.0 Å². The van der Waals surface area contributed by atoms with E-state index in [1.54, 1.807) is 19.2 Å². The first-order valence-corrected chi connectivity index (χ1v) is 6.99. The van der Waals surface area contributed by atoms with Crippen molar-refractivity contribution in [3.05, 3.63) is 58.3 Å². The van der Waals surface area contributed by atoms with Gasteiger partial charge in [-0.3, -0.25) is 0 Å². The number of rotatable bonds is 5. The predicted molar refractivity (Wildman–Crippen MR) is 82.5 cm³/mol. The summed E-state index contributed by atoms with van der Waals surface area (Å²) in [6.45, 7) is 0.398. The Balaban J connectivity index is 2.26. The van der Waals surface area contributed by atoms with E-state index in [1.165, 1.54) is 6.07 Å². The number of halogens is 2. The first kappa shape index (κ1) is 14.8. The van der Waals surface area contributed by atoms with Crippen LogP contribution in [0.2, 0.25) is 0 Å². The topological polar surface area (TPSA) is 47.3 Å². The molecule has 1 unspecified atom stereocenters. The summed E-state index contributed by atoms with van der Waals surface area (Å²) < 4.78 is 19.0. The molecule has 0 bridgehead atoms. The number of methoxy groups -OCH3 is 1. The van der Waals surface area contributed by atoms with Gasteiger partial charge in [-0.05, 0) is 40.2 Å². The van der Waals surface area contributed by atoms with Gasteiger partial charge in [0.05, 0.1) is 17.6 Å². The summed E-state index contributed by atoms with van der Waals surface area (Å²) in [5.74, 6) is 0.480. The number of nitrogens with one attached hydrogen (secondary N) is 1. The molecule has 0 aliphatic rings. The third kappa shape index (κ3) is 3.29. The second-order valence-corrected chi connectivity index (χ2v) is 5.16. The molecule has 0 aliphatic carbocycles. The lowest BCUT2D eigenvalue weighted by molar-refractivity contribution is 0.407. The van der Waals surface area contributed by atoms with Crippen molar-refractivity contribution in [1.82, 2.24) is 0 Å². The molecule has 0 aliphatic heterocycles. The van der Waals surface area contributed by atoms with Crippen LogP contribution < -0.4 is 15.8 Å². The second kappa shape index (κ2) is 6.72. The van der Waals surface area contributed by atoms with Crippen LogP contribution in [0.25, 0.3) is 0 Å². The first-order chi connectivity index (χ1) is 9.65. The summed E-state index contributed by atoms with van der Waals surface area (Å²) in [4.78, 5) is 0. The van der Waals surface area contributed by atoms with Gasteiger partial charge in [0.2, 0.25) is 0 Å². The maximum atomic E-state index is 13.2. The maximum Gasteiger partial charge on any atom is 0.137 e. The number of ether oxygens (including phenoxy) is 1. The first-order valence-electron chi connectivity index (χ1n) is 6.20. The van der Waals surface area contributed by atoms with Crippen LogP contribution in [0.15, 0.2) is 46.9 Å². The van der Waals surface area contributed by atoms with Gasteiger partial charge in [0.1, 0.15) is 11.6 Å². The quantitative estimate of drug-likeness (QED) is 0.873. The highest BCUT2D eigenvalue weighted by molar-refractivity contribution is 9.10. The van der Waals surface area contributed by atoms with Crippen molar-refractivity contribution in [2.75, 3.05) is 19.0 Å². The fourth-order valence-corrected chi connectivity index (χ4v) is 2.38. The largest absolute Gasteiger partial charge is 0.496 e. The SMILES string of the molecule is COc1ccccc1C(CN)Nc1ccc(F)c(Br)c1. The molecule has 2 aromatic rings. The molecule has 20 heavy (non-hydrogen) atoms. The number of hydrogen-bond acceptors (Lipinski definition) is 3. The van der Waals surface area contributed by atoms with Crippen LogP contribution >= 0.6 is 15.9 Å². The van der Waals surface area contributed by atoms with Crippen molar-refractivity contribution in [2.45, 2.75) is 6.04 Å². The van der Waals surface area contributed by atoms with Gasteiger partial charge >= 0.3 is 0 Å². The number of benzene rings is 2. The Bertz CT molecular complexity index is 592. The van der Waals surface area contributed by atoms with Gasteiger partial charge < -0.3 is 15.8 Å². The van der Waals surface area contributed by atoms with E-state index in [1.807, 2.05) is 24.3 Å². The molecule has 0 saturated carbocycles. The van der Waals surface area contributed by atoms with Crippen LogP contribution in [-0.4, -0.2) is 13.7 Å². The molecule has 1 atom stereocenters. The average molecular weight is 339 g/mol. The fraction of sp³-hybridized carbons (Fsp3) is 0.200. The minimum atomic E-state index is -0.294. The highest BCUT2D eigenvalue weighted by Crippen LogP contribution is 2.28. The van der Waals surface area contributed by atoms with Crippen LogP contribution in [0.4, 0.5) is 10.1 Å². The Morgan fingerprint density at radius 1 is 1.30 bits per heavy atom. The Morgan fingerprint density at radius 2 is 2.05 bits per heavy atom. The molecular weight excluding hydrogens is 323 g/mol. The monoisotopic (exact) mass is 338 g/mol. The standard InChI is InChI=1S/C15H16BrFN2O/c1-20-15-5-3-2-4-11(15)14(9-18)19-10-6-7-13(17)12(16)8-10/h2-8,14,19H,9,18H2,1H3. The van der Waals surface area contributed by atoms with Crippen LogP contribution in [0.5, 0.6) is 5.75 Å². The zero-order valence-electron chi connectivity index (χ0n) is 11.1. The number of para-hydroxylation sites is 1. The second-order valence-electron chi connectivity index (χ2n) is 4.30. The zero-order chi connectivity index (χ0) is 14.5. The lowest BCUT2D eigenvalue weighted by Gasteiger charge is -2.21. The number of hydrogen-bond donors (Lipinski definition) is 2. The van der Waals surface area contributed by atoms with Gasteiger partial charge in [-0.2, -0.15) is 0 Å². The normalized spacial score (nSPS) is 12.0. The zero-order valence-corrected chi connectivity index (χ0v) is 12.7. The summed E-state index contributed by atoms with van der Waals surface area (Å²) in [7, 11) is 1.63. The van der Waals surface area contributed by atoms with Gasteiger partial charge in [-0.15, -0.1) is 0 Å². The van der Waals surface area contributed by atoms with Gasteiger partial charge in [0, 0.05) is 17.8 Å². The third-order valence-corrected chi connectivity index (χ3v) is 3.62. The molecule has 3 nitrogen and oxygen atoms in total. The van der Waals surface area contributed by atoms with Crippen LogP contribution in [-0.2, 0) is 0 Å². The molecule has 106 valence electrons. The maximum absolute atomic E-state index is 13.2. The average Bonchev–Trinajstić information content (AvgIpc) is 2.48. The van der Waals surface area contributed by atoms with Crippen LogP contribution in [0, 0.1) is 5.82 Å². The highest BCUT2D eigenvalue weighted by atomic mass is 79.9. The Morgan fingerprint density at radius 3 is 2.70 bits per heavy atom. The summed E-state index contributed by atoms with van der Waals surface area (Å²) >= 11 is 3.17. The van der Waals surface area contributed by atoms with E-state index >= 15 is 0 Å². The van der Waals surface area contributed by atoms with Crippen molar-refractivity contribution in [1.29, 1.82) is 0 Å². The van der Waals surface area contributed by atoms with Gasteiger partial charge in [0.15, 0.2) is 0 Å². The lowest BCUT2D eigenvalue weighted by Crippen LogP contribution is -2.21. The Kier molecular flexibility index (Phi) is 4.98. The Labute approximate surface area is 126 Å². The molecule has 0 saturated heterocycles. The Hall–Kier alpha value is -1.59. The molecule has 0 amide bonds. The smallest absolute Gasteiger partial charge is 0.137 e. The van der Waals surface area contributed by atoms with E-state index < -0.39 is 0 Å². The third-order valence-electron chi connectivity index (χ3n) is 3.01. The lowest BCUT2D eigenvalue weighted by atomic mass is 10.1. The van der Waals surface area contributed by atoms with E-state index in [0.717, 1.165) is 17.0 Å². The fourth-order valence-electron chi connectivity index (χ4n) is 2.01. The van der Waals surface area contributed by atoms with E-state index in [2.05, 4.69) is 21.2 Å². The van der Waals surface area contributed by atoms with Crippen molar-refractivity contribution in [3.8, 4) is 5.75 Å². The molecule has 0 heterocycles. The molecule has 2 rings (SSSR count). The minimum Gasteiger partial charge on any atom is -0.496 e. The summed E-state index contributed by atoms with van der Waals surface area (Å²) in [6.07, 6.45) is 0. The molecule has 3 N–H and O–H groups in total. The van der Waals surface area contributed by atoms with Crippen molar-refractivity contribution in [2.24, 2.45) is 5.73 Å². The van der Waals surface area contributed by atoms with Crippen LogP contribution in [0.1, 0.15) is 11.6 Å². The van der Waals surface area contributed by atoms with Crippen LogP contribution in [0.3, 0.4) is 0 Å². The summed E-state index contributed by atoms with van der Waals surface area (Å²) in [6, 6.07) is 12.4. The van der Waals surface area contributed by atoms with Gasteiger partial charge in [0.25, 0.3) is 0 Å². The van der Waals surface area contributed by atoms with E-state index in [-0.39, 0.29) is 11.9 Å². The predicted octanol–water partition coefficient (Wildman–Crippen LogP) is 3.71. The molecule has 2 aromatic carbocycles. The van der Waals surface area contributed by atoms with Crippen molar-refractivity contribution < 1.29 is 9.13 Å². The molecule has 0 spiro atoms. The number of anilines is 1. The van der Waals surface area contributed by atoms with Crippen molar-refractivity contribution in [3.63, 3.8) is 0 Å². The summed E-state index contributed by atoms with van der Waals surface area (Å²) in [5, 5.41) is 3.29. The minimum absolute atomic E-state index is 0.108. The van der Waals surface area contributed by atoms with E-state index in [4.69, 9.17) is 10.5 Å². The summed E-state index contributed by atoms with van der Waals surface area (Å²) in [5.41, 5.74) is 7.60. The molecule has 0 radical (unpaired) electrons. The molecule has 5 heteroatoms. The number of nitrogens with two attached hydrogens (primary N) is 1. The molecular formula is C15H16BrFN2O. The van der Waals surface area contributed by atoms with Crippen molar-refractivity contribution >= 4 is 21.6 Å². The van der Waals surface area contributed by atoms with Gasteiger partial charge in [-0.1, -0.05) is 18.2 Å². The molecule has 0 fully saturated rings. The molecule has 0 aromatic heterocycles. The highest BCUT2D eigenvalue weighted by Gasteiger charge is 2.14.